The van der Waals surface area contributed by atoms with Gasteiger partial charge in [-0.15, -0.1) is 0 Å². The number of hydrogen-bond acceptors (Lipinski definition) is 4. The van der Waals surface area contributed by atoms with E-state index in [4.69, 9.17) is 11.6 Å². The van der Waals surface area contributed by atoms with E-state index in [1.54, 1.807) is 24.3 Å². The van der Waals surface area contributed by atoms with Crippen molar-refractivity contribution >= 4 is 49.9 Å². The van der Waals surface area contributed by atoms with Crippen molar-refractivity contribution < 1.29 is 18.0 Å². The molecule has 0 spiro atoms. The van der Waals surface area contributed by atoms with E-state index in [1.165, 1.54) is 4.90 Å². The number of nitrogens with one attached hydrogen (secondary N) is 1. The molecule has 4 rings (SSSR count). The molecule has 0 heterocycles. The second-order valence-corrected chi connectivity index (χ2v) is 12.2. The number of benzene rings is 3. The van der Waals surface area contributed by atoms with Crippen molar-refractivity contribution in [2.24, 2.45) is 0 Å². The summed E-state index contributed by atoms with van der Waals surface area (Å²) in [5.74, 6) is -0.662. The van der Waals surface area contributed by atoms with Crippen molar-refractivity contribution in [3.63, 3.8) is 0 Å². The minimum Gasteiger partial charge on any atom is -0.352 e. The summed E-state index contributed by atoms with van der Waals surface area (Å²) >= 11 is 6.06. The monoisotopic (exact) mass is 555 g/mol. The molecular formula is C29H34ClN3O4S. The van der Waals surface area contributed by atoms with Crippen LogP contribution in [0.5, 0.6) is 0 Å². The van der Waals surface area contributed by atoms with Crippen LogP contribution >= 0.6 is 11.6 Å². The molecule has 1 aliphatic rings. The van der Waals surface area contributed by atoms with E-state index in [-0.39, 0.29) is 18.5 Å². The third-order valence-corrected chi connectivity index (χ3v) is 8.45. The van der Waals surface area contributed by atoms with Crippen molar-refractivity contribution in [1.29, 1.82) is 0 Å². The number of anilines is 1. The minimum absolute atomic E-state index is 0.104. The Labute approximate surface area is 229 Å². The number of rotatable bonds is 10. The fourth-order valence-corrected chi connectivity index (χ4v) is 6.08. The Morgan fingerprint density at radius 1 is 1.00 bits per heavy atom. The van der Waals surface area contributed by atoms with Crippen LogP contribution in [0.2, 0.25) is 5.02 Å². The molecule has 1 fully saturated rings. The molecule has 0 saturated heterocycles. The highest BCUT2D eigenvalue weighted by atomic mass is 35.5. The van der Waals surface area contributed by atoms with Gasteiger partial charge in [-0.1, -0.05) is 79.9 Å². The van der Waals surface area contributed by atoms with Crippen molar-refractivity contribution in [3.8, 4) is 0 Å². The third-order valence-electron chi connectivity index (χ3n) is 7.07. The molecule has 1 N–H and O–H groups in total. The van der Waals surface area contributed by atoms with E-state index in [1.807, 2.05) is 49.4 Å². The van der Waals surface area contributed by atoms with Gasteiger partial charge in [-0.3, -0.25) is 13.9 Å². The summed E-state index contributed by atoms with van der Waals surface area (Å²) in [5.41, 5.74) is 1.22. The molecule has 2 amide bonds. The number of nitrogens with zero attached hydrogens (tertiary/aromatic N) is 2. The summed E-state index contributed by atoms with van der Waals surface area (Å²) in [6.45, 7) is 1.59. The van der Waals surface area contributed by atoms with Crippen molar-refractivity contribution in [2.45, 2.75) is 57.7 Å². The molecule has 3 aromatic carbocycles. The van der Waals surface area contributed by atoms with Gasteiger partial charge in [-0.05, 0) is 48.4 Å². The molecule has 38 heavy (non-hydrogen) atoms. The maximum atomic E-state index is 13.9. The molecule has 7 nitrogen and oxygen atoms in total. The number of carbonyl (C=O) groups excluding carboxylic acids is 2. The molecule has 0 aromatic heterocycles. The zero-order valence-electron chi connectivity index (χ0n) is 21.8. The Morgan fingerprint density at radius 2 is 1.66 bits per heavy atom. The SMILES string of the molecule is CCC(C(=O)NC1CCCC1)N(Cc1ccc(Cl)cc1)C(=O)CN(c1cccc2ccccc12)S(C)(=O)=O. The van der Waals surface area contributed by atoms with Crippen molar-refractivity contribution in [2.75, 3.05) is 17.1 Å². The van der Waals surface area contributed by atoms with E-state index < -0.39 is 28.5 Å². The lowest BCUT2D eigenvalue weighted by Crippen LogP contribution is -2.53. The molecule has 1 aliphatic carbocycles. The van der Waals surface area contributed by atoms with E-state index in [0.717, 1.165) is 52.6 Å². The van der Waals surface area contributed by atoms with Gasteiger partial charge in [-0.2, -0.15) is 0 Å². The number of amides is 2. The zero-order chi connectivity index (χ0) is 27.3. The maximum Gasteiger partial charge on any atom is 0.244 e. The normalized spacial score (nSPS) is 14.8. The van der Waals surface area contributed by atoms with Crippen LogP contribution in [0, 0.1) is 0 Å². The fourth-order valence-electron chi connectivity index (χ4n) is 5.09. The Hall–Kier alpha value is -3.10. The van der Waals surface area contributed by atoms with Crippen LogP contribution in [0.25, 0.3) is 10.8 Å². The number of carbonyl (C=O) groups is 2. The molecule has 0 aliphatic heterocycles. The van der Waals surface area contributed by atoms with Gasteiger partial charge in [0.15, 0.2) is 0 Å². The second kappa shape index (κ2) is 12.2. The maximum absolute atomic E-state index is 13.9. The van der Waals surface area contributed by atoms with Crippen molar-refractivity contribution in [1.82, 2.24) is 10.2 Å². The molecule has 1 unspecified atom stereocenters. The first-order valence-corrected chi connectivity index (χ1v) is 15.2. The zero-order valence-corrected chi connectivity index (χ0v) is 23.3. The average Bonchev–Trinajstić information content (AvgIpc) is 3.40. The van der Waals surface area contributed by atoms with Gasteiger partial charge in [0.2, 0.25) is 21.8 Å². The molecule has 202 valence electrons. The fraction of sp³-hybridized carbons (Fsp3) is 0.379. The molecule has 1 saturated carbocycles. The lowest BCUT2D eigenvalue weighted by Gasteiger charge is -2.33. The van der Waals surface area contributed by atoms with Crippen LogP contribution in [0.15, 0.2) is 66.7 Å². The minimum atomic E-state index is -3.82. The standard InChI is InChI=1S/C29H34ClN3O4S/c1-3-26(29(35)31-24-11-5-6-12-24)32(19-21-15-17-23(30)18-16-21)28(34)20-33(38(2,36)37)27-14-8-10-22-9-4-7-13-25(22)27/h4,7-10,13-18,24,26H,3,5-6,11-12,19-20H2,1-2H3,(H,31,35). The Kier molecular flexibility index (Phi) is 8.95. The second-order valence-electron chi connectivity index (χ2n) is 9.83. The average molecular weight is 556 g/mol. The number of hydrogen-bond donors (Lipinski definition) is 1. The number of sulfonamides is 1. The predicted octanol–water partition coefficient (Wildman–Crippen LogP) is 5.13. The van der Waals surface area contributed by atoms with Crippen LogP contribution in [-0.4, -0.2) is 50.0 Å². The van der Waals surface area contributed by atoms with E-state index in [0.29, 0.717) is 17.1 Å². The Bertz CT molecular complexity index is 1380. The van der Waals surface area contributed by atoms with Crippen LogP contribution in [-0.2, 0) is 26.2 Å². The highest BCUT2D eigenvalue weighted by Gasteiger charge is 2.33. The number of halogens is 1. The van der Waals surface area contributed by atoms with Gasteiger partial charge in [-0.25, -0.2) is 8.42 Å². The summed E-state index contributed by atoms with van der Waals surface area (Å²) < 4.78 is 27.1. The third kappa shape index (κ3) is 6.66. The summed E-state index contributed by atoms with van der Waals surface area (Å²) in [6, 6.07) is 19.3. The first-order chi connectivity index (χ1) is 18.2. The predicted molar refractivity (Wildman–Crippen MR) is 153 cm³/mol. The highest BCUT2D eigenvalue weighted by Crippen LogP contribution is 2.29. The lowest BCUT2D eigenvalue weighted by atomic mass is 10.1. The highest BCUT2D eigenvalue weighted by molar-refractivity contribution is 7.92. The summed E-state index contributed by atoms with van der Waals surface area (Å²) in [5, 5.41) is 5.27. The Balaban J connectivity index is 1.68. The van der Waals surface area contributed by atoms with Crippen LogP contribution in [0.1, 0.15) is 44.6 Å². The van der Waals surface area contributed by atoms with Gasteiger partial charge in [0.25, 0.3) is 0 Å². The van der Waals surface area contributed by atoms with E-state index in [2.05, 4.69) is 5.32 Å². The van der Waals surface area contributed by atoms with E-state index in [9.17, 15) is 18.0 Å². The smallest absolute Gasteiger partial charge is 0.244 e. The van der Waals surface area contributed by atoms with Gasteiger partial charge >= 0.3 is 0 Å². The quantitative estimate of drug-likeness (QED) is 0.376. The van der Waals surface area contributed by atoms with Gasteiger partial charge < -0.3 is 10.2 Å². The van der Waals surface area contributed by atoms with Gasteiger partial charge in [0, 0.05) is 23.0 Å². The molecule has 1 atom stereocenters. The Morgan fingerprint density at radius 3 is 2.32 bits per heavy atom. The van der Waals surface area contributed by atoms with Crippen molar-refractivity contribution in [3.05, 3.63) is 77.3 Å². The van der Waals surface area contributed by atoms with Crippen LogP contribution in [0.4, 0.5) is 5.69 Å². The number of fused-ring (bicyclic) bond motifs is 1. The largest absolute Gasteiger partial charge is 0.352 e. The first kappa shape index (κ1) is 27.9. The molecule has 9 heteroatoms. The van der Waals surface area contributed by atoms with Crippen LogP contribution < -0.4 is 9.62 Å². The summed E-state index contributed by atoms with van der Waals surface area (Å²) in [6.07, 6.45) is 5.49. The van der Waals surface area contributed by atoms with Gasteiger partial charge in [0.05, 0.1) is 11.9 Å². The molecular weight excluding hydrogens is 522 g/mol. The van der Waals surface area contributed by atoms with Gasteiger partial charge in [0.1, 0.15) is 12.6 Å². The topological polar surface area (TPSA) is 86.8 Å². The first-order valence-electron chi connectivity index (χ1n) is 13.0. The lowest BCUT2D eigenvalue weighted by molar-refractivity contribution is -0.140. The molecule has 3 aromatic rings. The summed E-state index contributed by atoms with van der Waals surface area (Å²) in [4.78, 5) is 28.8. The summed E-state index contributed by atoms with van der Waals surface area (Å²) in [7, 11) is -3.82. The molecule has 0 bridgehead atoms. The van der Waals surface area contributed by atoms with Crippen LogP contribution in [0.3, 0.4) is 0 Å². The van der Waals surface area contributed by atoms with E-state index >= 15 is 0 Å². The molecule has 0 radical (unpaired) electrons.